The van der Waals surface area contributed by atoms with Gasteiger partial charge in [0.2, 0.25) is 5.91 Å². The van der Waals surface area contributed by atoms with Gasteiger partial charge in [-0.25, -0.2) is 0 Å². The van der Waals surface area contributed by atoms with Crippen LogP contribution in [0.15, 0.2) is 24.3 Å². The Labute approximate surface area is 153 Å². The molecule has 1 aromatic rings. The molecule has 1 aliphatic rings. The molecule has 0 radical (unpaired) electrons. The molecule has 0 N–H and O–H groups in total. The Morgan fingerprint density at radius 1 is 1.24 bits per heavy atom. The first-order valence-electron chi connectivity index (χ1n) is 9.55. The smallest absolute Gasteiger partial charge is 0.222 e. The van der Waals surface area contributed by atoms with Crippen molar-refractivity contribution in [1.82, 2.24) is 9.80 Å². The highest BCUT2D eigenvalue weighted by Crippen LogP contribution is 2.23. The van der Waals surface area contributed by atoms with Gasteiger partial charge in [-0.05, 0) is 45.2 Å². The van der Waals surface area contributed by atoms with Crippen molar-refractivity contribution in [2.24, 2.45) is 11.8 Å². The number of para-hydroxylation sites is 1. The molecule has 1 fully saturated rings. The van der Waals surface area contributed by atoms with E-state index in [2.05, 4.69) is 57.8 Å². The van der Waals surface area contributed by atoms with E-state index in [9.17, 15) is 4.79 Å². The Morgan fingerprint density at radius 3 is 2.64 bits per heavy atom. The van der Waals surface area contributed by atoms with Crippen LogP contribution in [0, 0.1) is 11.8 Å². The number of nitrogens with zero attached hydrogens (tertiary/aromatic N) is 2. The van der Waals surface area contributed by atoms with E-state index in [-0.39, 0.29) is 0 Å². The Bertz CT molecular complexity index is 557. The van der Waals surface area contributed by atoms with Gasteiger partial charge in [0.1, 0.15) is 5.75 Å². The highest BCUT2D eigenvalue weighted by molar-refractivity contribution is 5.77. The standard InChI is InChI=1S/C21H34N2O2/c1-16(2)15-25-20-9-7-6-8-19(20)14-22(5)12-18-10-11-21(24)23(13-18)17(3)4/h6-9,16-18H,10-15H2,1-5H3. The van der Waals surface area contributed by atoms with E-state index >= 15 is 0 Å². The number of piperidine rings is 1. The second kappa shape index (κ2) is 9.23. The van der Waals surface area contributed by atoms with Gasteiger partial charge in [0.25, 0.3) is 0 Å². The lowest BCUT2D eigenvalue weighted by molar-refractivity contribution is -0.136. The Hall–Kier alpha value is -1.55. The molecule has 25 heavy (non-hydrogen) atoms. The lowest BCUT2D eigenvalue weighted by Crippen LogP contribution is -2.46. The quantitative estimate of drug-likeness (QED) is 0.718. The van der Waals surface area contributed by atoms with E-state index in [1.165, 1.54) is 5.56 Å². The normalized spacial score (nSPS) is 18.5. The molecular formula is C21H34N2O2. The number of ether oxygens (including phenoxy) is 1. The van der Waals surface area contributed by atoms with E-state index in [1.54, 1.807) is 0 Å². The number of likely N-dealkylation sites (tertiary alicyclic amines) is 1. The molecule has 1 aromatic carbocycles. The van der Waals surface area contributed by atoms with Crippen molar-refractivity contribution in [3.05, 3.63) is 29.8 Å². The highest BCUT2D eigenvalue weighted by atomic mass is 16.5. The highest BCUT2D eigenvalue weighted by Gasteiger charge is 2.27. The molecule has 1 saturated heterocycles. The molecule has 1 amide bonds. The van der Waals surface area contributed by atoms with Crippen LogP contribution in [0.4, 0.5) is 0 Å². The van der Waals surface area contributed by atoms with E-state index in [4.69, 9.17) is 4.74 Å². The summed E-state index contributed by atoms with van der Waals surface area (Å²) in [5, 5.41) is 0. The lowest BCUT2D eigenvalue weighted by Gasteiger charge is -2.37. The fraction of sp³-hybridized carbons (Fsp3) is 0.667. The number of rotatable bonds is 8. The lowest BCUT2D eigenvalue weighted by atomic mass is 9.96. The predicted octanol–water partition coefficient (Wildman–Crippen LogP) is 3.80. The number of carbonyl (C=O) groups is 1. The van der Waals surface area contributed by atoms with Crippen LogP contribution in [-0.4, -0.2) is 48.5 Å². The summed E-state index contributed by atoms with van der Waals surface area (Å²) in [7, 11) is 2.16. The summed E-state index contributed by atoms with van der Waals surface area (Å²) in [4.78, 5) is 16.4. The molecule has 1 unspecified atom stereocenters. The molecule has 0 aliphatic carbocycles. The summed E-state index contributed by atoms with van der Waals surface area (Å²) in [6.45, 7) is 12.0. The second-order valence-electron chi connectivity index (χ2n) is 8.05. The summed E-state index contributed by atoms with van der Waals surface area (Å²) >= 11 is 0. The minimum absolute atomic E-state index is 0.297. The summed E-state index contributed by atoms with van der Waals surface area (Å²) in [6, 6.07) is 8.62. The zero-order valence-electron chi connectivity index (χ0n) is 16.5. The molecule has 0 saturated carbocycles. The molecule has 0 bridgehead atoms. The average molecular weight is 347 g/mol. The van der Waals surface area contributed by atoms with Gasteiger partial charge < -0.3 is 14.5 Å². The Balaban J connectivity index is 1.92. The Morgan fingerprint density at radius 2 is 1.96 bits per heavy atom. The molecule has 140 valence electrons. The molecule has 2 rings (SSSR count). The topological polar surface area (TPSA) is 32.8 Å². The van der Waals surface area contributed by atoms with Crippen LogP contribution in [0.25, 0.3) is 0 Å². The summed E-state index contributed by atoms with van der Waals surface area (Å²) in [5.74, 6) is 2.37. The number of benzene rings is 1. The van der Waals surface area contributed by atoms with E-state index in [0.29, 0.717) is 30.2 Å². The first kappa shape index (κ1) is 19.8. The number of amides is 1. The third-order valence-electron chi connectivity index (χ3n) is 4.72. The molecule has 1 heterocycles. The molecule has 0 spiro atoms. The molecule has 4 nitrogen and oxygen atoms in total. The third-order valence-corrected chi connectivity index (χ3v) is 4.72. The van der Waals surface area contributed by atoms with Crippen LogP contribution in [0.1, 0.15) is 46.1 Å². The number of hydrogen-bond donors (Lipinski definition) is 0. The van der Waals surface area contributed by atoms with E-state index in [0.717, 1.165) is 38.4 Å². The van der Waals surface area contributed by atoms with Crippen LogP contribution in [0.5, 0.6) is 5.75 Å². The molecule has 1 aliphatic heterocycles. The molecule has 1 atom stereocenters. The fourth-order valence-electron chi connectivity index (χ4n) is 3.42. The molecule has 0 aromatic heterocycles. The number of carbonyl (C=O) groups excluding carboxylic acids is 1. The van der Waals surface area contributed by atoms with Crippen LogP contribution in [0.3, 0.4) is 0 Å². The summed E-state index contributed by atoms with van der Waals surface area (Å²) in [5.41, 5.74) is 1.23. The summed E-state index contributed by atoms with van der Waals surface area (Å²) in [6.07, 6.45) is 1.68. The first-order valence-corrected chi connectivity index (χ1v) is 9.55. The van der Waals surface area contributed by atoms with Gasteiger partial charge in [-0.1, -0.05) is 32.0 Å². The van der Waals surface area contributed by atoms with Crippen molar-refractivity contribution in [2.75, 3.05) is 26.7 Å². The van der Waals surface area contributed by atoms with Crippen molar-refractivity contribution in [3.63, 3.8) is 0 Å². The van der Waals surface area contributed by atoms with Crippen molar-refractivity contribution < 1.29 is 9.53 Å². The van der Waals surface area contributed by atoms with E-state index < -0.39 is 0 Å². The van der Waals surface area contributed by atoms with Crippen LogP contribution in [-0.2, 0) is 11.3 Å². The predicted molar refractivity (Wildman–Crippen MR) is 103 cm³/mol. The molecule has 4 heteroatoms. The minimum atomic E-state index is 0.297. The fourth-order valence-corrected chi connectivity index (χ4v) is 3.42. The van der Waals surface area contributed by atoms with Crippen molar-refractivity contribution in [3.8, 4) is 5.75 Å². The maximum absolute atomic E-state index is 12.0. The van der Waals surface area contributed by atoms with Gasteiger partial charge in [-0.15, -0.1) is 0 Å². The second-order valence-corrected chi connectivity index (χ2v) is 8.05. The van der Waals surface area contributed by atoms with Gasteiger partial charge in [0.15, 0.2) is 0 Å². The van der Waals surface area contributed by atoms with Gasteiger partial charge in [-0.3, -0.25) is 4.79 Å². The van der Waals surface area contributed by atoms with Crippen molar-refractivity contribution in [1.29, 1.82) is 0 Å². The van der Waals surface area contributed by atoms with Gasteiger partial charge in [0.05, 0.1) is 6.61 Å². The van der Waals surface area contributed by atoms with E-state index in [1.807, 2.05) is 11.0 Å². The van der Waals surface area contributed by atoms with Crippen LogP contribution < -0.4 is 4.74 Å². The largest absolute Gasteiger partial charge is 0.493 e. The molecular weight excluding hydrogens is 312 g/mol. The monoisotopic (exact) mass is 346 g/mol. The van der Waals surface area contributed by atoms with Crippen molar-refractivity contribution in [2.45, 2.75) is 53.1 Å². The third kappa shape index (κ3) is 6.03. The number of hydrogen-bond acceptors (Lipinski definition) is 3. The Kier molecular flexibility index (Phi) is 7.30. The van der Waals surface area contributed by atoms with Gasteiger partial charge in [-0.2, -0.15) is 0 Å². The maximum Gasteiger partial charge on any atom is 0.222 e. The summed E-state index contributed by atoms with van der Waals surface area (Å²) < 4.78 is 5.97. The maximum atomic E-state index is 12.0. The van der Waals surface area contributed by atoms with Gasteiger partial charge >= 0.3 is 0 Å². The van der Waals surface area contributed by atoms with Crippen molar-refractivity contribution >= 4 is 5.91 Å². The van der Waals surface area contributed by atoms with Gasteiger partial charge in [0, 0.05) is 37.7 Å². The van der Waals surface area contributed by atoms with Crippen LogP contribution in [0.2, 0.25) is 0 Å². The zero-order valence-corrected chi connectivity index (χ0v) is 16.5. The average Bonchev–Trinajstić information content (AvgIpc) is 2.55. The zero-order chi connectivity index (χ0) is 18.4. The SMILES string of the molecule is CC(C)COc1ccccc1CN(C)CC1CCC(=O)N(C(C)C)C1. The minimum Gasteiger partial charge on any atom is -0.493 e. The first-order chi connectivity index (χ1) is 11.9. The van der Waals surface area contributed by atoms with Crippen LogP contribution >= 0.6 is 0 Å².